The molecule has 72 valence electrons. The summed E-state index contributed by atoms with van der Waals surface area (Å²) < 4.78 is 44.2. The first kappa shape index (κ1) is 9.80. The zero-order valence-electron chi connectivity index (χ0n) is 6.56. The molecule has 0 spiro atoms. The molecule has 1 aliphatic rings. The van der Waals surface area contributed by atoms with Gasteiger partial charge in [0, 0.05) is 6.61 Å². The minimum atomic E-state index is -4.22. The third-order valence-corrected chi connectivity index (χ3v) is 1.59. The van der Waals surface area contributed by atoms with Gasteiger partial charge in [-0.25, -0.2) is 0 Å². The highest BCUT2D eigenvalue weighted by atomic mass is 19.4. The standard InChI is InChI=1S/C7H11F3O2/c8-7(9,10)5-11-4-6-2-1-3-12-6/h6H,1-5H2. The smallest absolute Gasteiger partial charge is 0.376 e. The van der Waals surface area contributed by atoms with Crippen LogP contribution in [0.5, 0.6) is 0 Å². The van der Waals surface area contributed by atoms with Gasteiger partial charge in [-0.15, -0.1) is 0 Å². The lowest BCUT2D eigenvalue weighted by molar-refractivity contribution is -0.179. The molecular formula is C7H11F3O2. The van der Waals surface area contributed by atoms with Crippen LogP contribution >= 0.6 is 0 Å². The molecule has 1 aliphatic heterocycles. The molecule has 0 aromatic carbocycles. The summed E-state index contributed by atoms with van der Waals surface area (Å²) >= 11 is 0. The molecule has 0 amide bonds. The molecular weight excluding hydrogens is 173 g/mol. The molecule has 1 heterocycles. The fraction of sp³-hybridized carbons (Fsp3) is 1.00. The predicted molar refractivity (Wildman–Crippen MR) is 35.8 cm³/mol. The third-order valence-electron chi connectivity index (χ3n) is 1.59. The molecule has 1 saturated heterocycles. The van der Waals surface area contributed by atoms with E-state index in [-0.39, 0.29) is 12.7 Å². The molecule has 1 rings (SSSR count). The Bertz CT molecular complexity index is 129. The Kier molecular flexibility index (Phi) is 3.34. The van der Waals surface area contributed by atoms with Crippen LogP contribution in [0.2, 0.25) is 0 Å². The molecule has 1 atom stereocenters. The minimum absolute atomic E-state index is 0.0551. The molecule has 5 heteroatoms. The zero-order chi connectivity index (χ0) is 9.03. The summed E-state index contributed by atoms with van der Waals surface area (Å²) in [5, 5.41) is 0. The highest BCUT2D eigenvalue weighted by Gasteiger charge is 2.28. The molecule has 0 aromatic heterocycles. The van der Waals surface area contributed by atoms with Gasteiger partial charge in [-0.3, -0.25) is 0 Å². The van der Waals surface area contributed by atoms with E-state index < -0.39 is 12.8 Å². The average molecular weight is 184 g/mol. The Labute approximate surface area is 68.6 Å². The molecule has 2 nitrogen and oxygen atoms in total. The second-order valence-corrected chi connectivity index (χ2v) is 2.77. The van der Waals surface area contributed by atoms with Crippen LogP contribution in [0, 0.1) is 0 Å². The molecule has 0 aliphatic carbocycles. The van der Waals surface area contributed by atoms with Gasteiger partial charge in [-0.05, 0) is 12.8 Å². The maximum Gasteiger partial charge on any atom is 0.411 e. The van der Waals surface area contributed by atoms with Gasteiger partial charge in [0.25, 0.3) is 0 Å². The number of ether oxygens (including phenoxy) is 2. The van der Waals surface area contributed by atoms with Crippen LogP contribution < -0.4 is 0 Å². The van der Waals surface area contributed by atoms with Crippen LogP contribution in [-0.2, 0) is 9.47 Å². The number of hydrogen-bond donors (Lipinski definition) is 0. The van der Waals surface area contributed by atoms with Crippen LogP contribution in [-0.4, -0.2) is 32.1 Å². The fourth-order valence-corrected chi connectivity index (χ4v) is 1.08. The summed E-state index contributed by atoms with van der Waals surface area (Å²) in [5.41, 5.74) is 0. The van der Waals surface area contributed by atoms with E-state index in [2.05, 4.69) is 4.74 Å². The van der Waals surface area contributed by atoms with E-state index in [0.717, 1.165) is 12.8 Å². The van der Waals surface area contributed by atoms with Crippen LogP contribution in [0.1, 0.15) is 12.8 Å². The van der Waals surface area contributed by atoms with Crippen molar-refractivity contribution in [2.75, 3.05) is 19.8 Å². The van der Waals surface area contributed by atoms with Gasteiger partial charge in [0.15, 0.2) is 0 Å². The van der Waals surface area contributed by atoms with Crippen molar-refractivity contribution in [1.82, 2.24) is 0 Å². The van der Waals surface area contributed by atoms with Crippen LogP contribution in [0.3, 0.4) is 0 Å². The summed E-state index contributed by atoms with van der Waals surface area (Å²) in [6.45, 7) is -0.480. The SMILES string of the molecule is FC(F)(F)COCC1CCCO1. The van der Waals surface area contributed by atoms with E-state index >= 15 is 0 Å². The number of halogens is 3. The highest BCUT2D eigenvalue weighted by Crippen LogP contribution is 2.16. The minimum Gasteiger partial charge on any atom is -0.376 e. The van der Waals surface area contributed by atoms with E-state index in [1.54, 1.807) is 0 Å². The maximum atomic E-state index is 11.6. The van der Waals surface area contributed by atoms with Gasteiger partial charge >= 0.3 is 6.18 Å². The second-order valence-electron chi connectivity index (χ2n) is 2.77. The summed E-state index contributed by atoms with van der Waals surface area (Å²) in [4.78, 5) is 0. The fourth-order valence-electron chi connectivity index (χ4n) is 1.08. The van der Waals surface area contributed by atoms with Crippen molar-refractivity contribution in [3.8, 4) is 0 Å². The van der Waals surface area contributed by atoms with Crippen LogP contribution in [0.25, 0.3) is 0 Å². The van der Waals surface area contributed by atoms with E-state index in [1.165, 1.54) is 0 Å². The monoisotopic (exact) mass is 184 g/mol. The summed E-state index contributed by atoms with van der Waals surface area (Å²) in [5.74, 6) is 0. The molecule has 0 saturated carbocycles. The number of rotatable bonds is 3. The van der Waals surface area contributed by atoms with Crippen molar-refractivity contribution in [2.45, 2.75) is 25.1 Å². The van der Waals surface area contributed by atoms with E-state index in [9.17, 15) is 13.2 Å². The van der Waals surface area contributed by atoms with Crippen molar-refractivity contribution >= 4 is 0 Å². The first-order valence-electron chi connectivity index (χ1n) is 3.84. The Hall–Kier alpha value is -0.290. The maximum absolute atomic E-state index is 11.6. The molecule has 0 N–H and O–H groups in total. The predicted octanol–water partition coefficient (Wildman–Crippen LogP) is 1.74. The van der Waals surface area contributed by atoms with E-state index in [0.29, 0.717) is 6.61 Å². The molecule has 1 fully saturated rings. The van der Waals surface area contributed by atoms with Crippen LogP contribution in [0.4, 0.5) is 13.2 Å². The summed E-state index contributed by atoms with van der Waals surface area (Å²) in [6, 6.07) is 0. The summed E-state index contributed by atoms with van der Waals surface area (Å²) in [6.07, 6.45) is -2.64. The van der Waals surface area contributed by atoms with Gasteiger partial charge in [0.2, 0.25) is 0 Å². The van der Waals surface area contributed by atoms with Crippen molar-refractivity contribution < 1.29 is 22.6 Å². The second kappa shape index (κ2) is 4.09. The van der Waals surface area contributed by atoms with Gasteiger partial charge in [0.1, 0.15) is 6.61 Å². The Morgan fingerprint density at radius 1 is 1.42 bits per heavy atom. The largest absolute Gasteiger partial charge is 0.411 e. The zero-order valence-corrected chi connectivity index (χ0v) is 6.56. The van der Waals surface area contributed by atoms with E-state index in [1.807, 2.05) is 0 Å². The van der Waals surface area contributed by atoms with Crippen LogP contribution in [0.15, 0.2) is 0 Å². The Balaban J connectivity index is 2.02. The normalized spacial score (nSPS) is 24.8. The lowest BCUT2D eigenvalue weighted by Gasteiger charge is -2.11. The molecule has 0 radical (unpaired) electrons. The van der Waals surface area contributed by atoms with Gasteiger partial charge in [0.05, 0.1) is 12.7 Å². The topological polar surface area (TPSA) is 18.5 Å². The van der Waals surface area contributed by atoms with Gasteiger partial charge < -0.3 is 9.47 Å². The molecule has 1 unspecified atom stereocenters. The van der Waals surface area contributed by atoms with Crippen molar-refractivity contribution in [2.24, 2.45) is 0 Å². The van der Waals surface area contributed by atoms with Crippen molar-refractivity contribution in [3.63, 3.8) is 0 Å². The van der Waals surface area contributed by atoms with Crippen molar-refractivity contribution in [3.05, 3.63) is 0 Å². The number of hydrogen-bond acceptors (Lipinski definition) is 2. The highest BCUT2D eigenvalue weighted by molar-refractivity contribution is 4.63. The Morgan fingerprint density at radius 3 is 2.67 bits per heavy atom. The molecule has 0 bridgehead atoms. The summed E-state index contributed by atoms with van der Waals surface area (Å²) in [7, 11) is 0. The average Bonchev–Trinajstić information content (AvgIpc) is 2.36. The lowest BCUT2D eigenvalue weighted by Crippen LogP contribution is -2.22. The first-order valence-corrected chi connectivity index (χ1v) is 3.84. The molecule has 12 heavy (non-hydrogen) atoms. The first-order chi connectivity index (χ1) is 5.58. The lowest BCUT2D eigenvalue weighted by atomic mass is 10.2. The Morgan fingerprint density at radius 2 is 2.17 bits per heavy atom. The quantitative estimate of drug-likeness (QED) is 0.665. The van der Waals surface area contributed by atoms with Gasteiger partial charge in [-0.1, -0.05) is 0 Å². The van der Waals surface area contributed by atoms with E-state index in [4.69, 9.17) is 4.74 Å². The third kappa shape index (κ3) is 3.92. The molecule has 0 aromatic rings. The number of alkyl halides is 3. The van der Waals surface area contributed by atoms with Gasteiger partial charge in [-0.2, -0.15) is 13.2 Å². The van der Waals surface area contributed by atoms with Crippen molar-refractivity contribution in [1.29, 1.82) is 0 Å².